The summed E-state index contributed by atoms with van der Waals surface area (Å²) in [4.78, 5) is 4.47. The predicted molar refractivity (Wildman–Crippen MR) is 110 cm³/mol. The number of para-hydroxylation sites is 1. The van der Waals surface area contributed by atoms with Gasteiger partial charge in [-0.3, -0.25) is 0 Å². The van der Waals surface area contributed by atoms with E-state index in [9.17, 15) is 13.2 Å². The van der Waals surface area contributed by atoms with Crippen LogP contribution in [-0.2, 0) is 6.54 Å². The van der Waals surface area contributed by atoms with Gasteiger partial charge >= 0.3 is 6.18 Å². The standard InChI is InChI=1S/C18H26F3N3O.HI/c1-3-13-25-16-10-6-5-9-15(16)14-24-17(22-4-2)23-12-8-7-11-18(19,20)21;/h3,5-6,9-10H,1,4,7-8,11-14H2,2H3,(H2,22,23,24);1H. The number of nitrogens with one attached hydrogen (secondary N) is 2. The summed E-state index contributed by atoms with van der Waals surface area (Å²) in [6.07, 6.45) is -2.63. The van der Waals surface area contributed by atoms with Crippen molar-refractivity contribution in [3.8, 4) is 5.75 Å². The molecular formula is C18H27F3IN3O. The topological polar surface area (TPSA) is 45.6 Å². The van der Waals surface area contributed by atoms with Crippen LogP contribution in [0.1, 0.15) is 31.7 Å². The Morgan fingerprint density at radius 3 is 2.62 bits per heavy atom. The molecule has 0 saturated heterocycles. The van der Waals surface area contributed by atoms with Gasteiger partial charge in [0, 0.05) is 25.1 Å². The fraction of sp³-hybridized carbons (Fsp3) is 0.500. The molecule has 0 aliphatic heterocycles. The fourth-order valence-corrected chi connectivity index (χ4v) is 2.09. The largest absolute Gasteiger partial charge is 0.489 e. The maximum Gasteiger partial charge on any atom is 0.389 e. The van der Waals surface area contributed by atoms with Gasteiger partial charge in [0.05, 0.1) is 6.54 Å². The van der Waals surface area contributed by atoms with Crippen LogP contribution in [0, 0.1) is 0 Å². The monoisotopic (exact) mass is 485 g/mol. The van der Waals surface area contributed by atoms with Crippen molar-refractivity contribution in [2.24, 2.45) is 4.99 Å². The third-order valence-corrected chi connectivity index (χ3v) is 3.26. The number of aliphatic imine (C=N–C) groups is 1. The Kier molecular flexibility index (Phi) is 12.9. The second kappa shape index (κ2) is 13.7. The minimum absolute atomic E-state index is 0. The molecule has 0 aliphatic rings. The van der Waals surface area contributed by atoms with E-state index < -0.39 is 12.6 Å². The maximum absolute atomic E-state index is 12.1. The lowest BCUT2D eigenvalue weighted by atomic mass is 10.2. The van der Waals surface area contributed by atoms with Gasteiger partial charge in [-0.05, 0) is 25.8 Å². The second-order valence-electron chi connectivity index (χ2n) is 5.40. The number of nitrogens with zero attached hydrogens (tertiary/aromatic N) is 1. The van der Waals surface area contributed by atoms with Gasteiger partial charge in [-0.2, -0.15) is 13.2 Å². The van der Waals surface area contributed by atoms with E-state index in [0.717, 1.165) is 11.3 Å². The van der Waals surface area contributed by atoms with Crippen LogP contribution in [0.15, 0.2) is 41.9 Å². The molecule has 1 rings (SSSR count). The molecule has 2 N–H and O–H groups in total. The molecule has 0 spiro atoms. The first-order valence-electron chi connectivity index (χ1n) is 8.36. The smallest absolute Gasteiger partial charge is 0.389 e. The van der Waals surface area contributed by atoms with Crippen molar-refractivity contribution in [2.45, 2.75) is 38.9 Å². The molecule has 1 aromatic carbocycles. The lowest BCUT2D eigenvalue weighted by molar-refractivity contribution is -0.135. The van der Waals surface area contributed by atoms with Gasteiger partial charge in [-0.25, -0.2) is 4.99 Å². The molecule has 0 amide bonds. The number of unbranched alkanes of at least 4 members (excludes halogenated alkanes) is 1. The number of halogens is 4. The molecule has 0 atom stereocenters. The highest BCUT2D eigenvalue weighted by molar-refractivity contribution is 14.0. The summed E-state index contributed by atoms with van der Waals surface area (Å²) < 4.78 is 42.0. The van der Waals surface area contributed by atoms with E-state index in [0.29, 0.717) is 38.6 Å². The van der Waals surface area contributed by atoms with Crippen LogP contribution in [0.2, 0.25) is 0 Å². The van der Waals surface area contributed by atoms with Gasteiger partial charge in [0.2, 0.25) is 0 Å². The maximum atomic E-state index is 12.1. The van der Waals surface area contributed by atoms with E-state index in [4.69, 9.17) is 4.74 Å². The second-order valence-corrected chi connectivity index (χ2v) is 5.40. The highest BCUT2D eigenvalue weighted by atomic mass is 127. The highest BCUT2D eigenvalue weighted by Crippen LogP contribution is 2.22. The SMILES string of the molecule is C=CCOc1ccccc1CN=C(NCC)NCCCCC(F)(F)F.I. The van der Waals surface area contributed by atoms with Gasteiger partial charge in [0.1, 0.15) is 12.4 Å². The number of alkyl halides is 3. The molecule has 26 heavy (non-hydrogen) atoms. The van der Waals surface area contributed by atoms with Crippen LogP contribution >= 0.6 is 24.0 Å². The van der Waals surface area contributed by atoms with Crippen molar-refractivity contribution in [2.75, 3.05) is 19.7 Å². The Balaban J connectivity index is 0.00000625. The molecular weight excluding hydrogens is 458 g/mol. The number of hydrogen-bond donors (Lipinski definition) is 2. The molecule has 4 nitrogen and oxygen atoms in total. The molecule has 0 fully saturated rings. The van der Waals surface area contributed by atoms with E-state index in [-0.39, 0.29) is 30.4 Å². The minimum Gasteiger partial charge on any atom is -0.489 e. The number of guanidine groups is 1. The molecule has 0 bridgehead atoms. The normalized spacial score (nSPS) is 11.5. The molecule has 0 heterocycles. The number of rotatable bonds is 10. The number of ether oxygens (including phenoxy) is 1. The quantitative estimate of drug-likeness (QED) is 0.167. The van der Waals surface area contributed by atoms with Crippen molar-refractivity contribution >= 4 is 29.9 Å². The Hall–Kier alpha value is -1.45. The zero-order chi connectivity index (χ0) is 18.5. The zero-order valence-corrected chi connectivity index (χ0v) is 17.3. The van der Waals surface area contributed by atoms with Crippen LogP contribution in [0.4, 0.5) is 13.2 Å². The van der Waals surface area contributed by atoms with Gasteiger partial charge < -0.3 is 15.4 Å². The third-order valence-electron chi connectivity index (χ3n) is 3.26. The molecule has 0 unspecified atom stereocenters. The van der Waals surface area contributed by atoms with Crippen molar-refractivity contribution < 1.29 is 17.9 Å². The van der Waals surface area contributed by atoms with Crippen molar-refractivity contribution in [1.82, 2.24) is 10.6 Å². The number of hydrogen-bond acceptors (Lipinski definition) is 2. The lowest BCUT2D eigenvalue weighted by Gasteiger charge is -2.13. The van der Waals surface area contributed by atoms with E-state index in [1.807, 2.05) is 31.2 Å². The van der Waals surface area contributed by atoms with Crippen LogP contribution in [0.25, 0.3) is 0 Å². The summed E-state index contributed by atoms with van der Waals surface area (Å²) in [6, 6.07) is 7.58. The predicted octanol–water partition coefficient (Wildman–Crippen LogP) is 4.66. The van der Waals surface area contributed by atoms with Crippen LogP contribution in [-0.4, -0.2) is 31.8 Å². The van der Waals surface area contributed by atoms with E-state index >= 15 is 0 Å². The number of benzene rings is 1. The summed E-state index contributed by atoms with van der Waals surface area (Å²) in [5, 5.41) is 6.14. The lowest BCUT2D eigenvalue weighted by Crippen LogP contribution is -2.37. The Bertz CT molecular complexity index is 551. The molecule has 1 aromatic rings. The van der Waals surface area contributed by atoms with Crippen molar-refractivity contribution in [3.05, 3.63) is 42.5 Å². The molecule has 0 radical (unpaired) electrons. The van der Waals surface area contributed by atoms with E-state index in [1.165, 1.54) is 0 Å². The van der Waals surface area contributed by atoms with Crippen LogP contribution in [0.5, 0.6) is 5.75 Å². The Morgan fingerprint density at radius 2 is 1.96 bits per heavy atom. The highest BCUT2D eigenvalue weighted by Gasteiger charge is 2.25. The zero-order valence-electron chi connectivity index (χ0n) is 14.9. The summed E-state index contributed by atoms with van der Waals surface area (Å²) in [5.41, 5.74) is 0.929. The third kappa shape index (κ3) is 11.2. The molecule has 148 valence electrons. The first kappa shape index (κ1) is 24.6. The van der Waals surface area contributed by atoms with Gasteiger partial charge in [-0.15, -0.1) is 24.0 Å². The van der Waals surface area contributed by atoms with Crippen LogP contribution < -0.4 is 15.4 Å². The average Bonchev–Trinajstić information content (AvgIpc) is 2.57. The van der Waals surface area contributed by atoms with E-state index in [1.54, 1.807) is 6.08 Å². The first-order valence-corrected chi connectivity index (χ1v) is 8.36. The van der Waals surface area contributed by atoms with E-state index in [2.05, 4.69) is 22.2 Å². The van der Waals surface area contributed by atoms with Gasteiger partial charge in [0.25, 0.3) is 0 Å². The average molecular weight is 485 g/mol. The summed E-state index contributed by atoms with van der Waals surface area (Å²) in [6.45, 7) is 7.49. The molecule has 8 heteroatoms. The summed E-state index contributed by atoms with van der Waals surface area (Å²) in [5.74, 6) is 1.32. The Labute approximate surface area is 170 Å². The summed E-state index contributed by atoms with van der Waals surface area (Å²) >= 11 is 0. The Morgan fingerprint density at radius 1 is 1.23 bits per heavy atom. The fourth-order valence-electron chi connectivity index (χ4n) is 2.09. The van der Waals surface area contributed by atoms with Gasteiger partial charge in [0.15, 0.2) is 5.96 Å². The molecule has 0 aromatic heterocycles. The molecule has 0 saturated carbocycles. The first-order chi connectivity index (χ1) is 12.0. The van der Waals surface area contributed by atoms with Crippen molar-refractivity contribution in [3.63, 3.8) is 0 Å². The summed E-state index contributed by atoms with van der Waals surface area (Å²) in [7, 11) is 0. The molecule has 0 aliphatic carbocycles. The van der Waals surface area contributed by atoms with Crippen LogP contribution in [0.3, 0.4) is 0 Å². The van der Waals surface area contributed by atoms with Gasteiger partial charge in [-0.1, -0.05) is 30.9 Å². The van der Waals surface area contributed by atoms with Crippen molar-refractivity contribution in [1.29, 1.82) is 0 Å². The minimum atomic E-state index is -4.09.